The smallest absolute Gasteiger partial charge is 0.231 e. The summed E-state index contributed by atoms with van der Waals surface area (Å²) in [4.78, 5) is 7.36. The quantitative estimate of drug-likeness (QED) is 0.771. The van der Waals surface area contributed by atoms with Gasteiger partial charge in [0.1, 0.15) is 0 Å². The lowest BCUT2D eigenvalue weighted by molar-refractivity contribution is 0.305. The molecule has 4 rings (SSSR count). The Balaban J connectivity index is 1.48. The van der Waals surface area contributed by atoms with E-state index in [1.807, 2.05) is 0 Å². The first-order chi connectivity index (χ1) is 12.2. The zero-order valence-electron chi connectivity index (χ0n) is 15.4. The first-order valence-corrected chi connectivity index (χ1v) is 9.79. The van der Waals surface area contributed by atoms with Gasteiger partial charge in [-0.1, -0.05) is 55.8 Å². The summed E-state index contributed by atoms with van der Waals surface area (Å²) in [6.07, 6.45) is 4.97. The van der Waals surface area contributed by atoms with E-state index in [4.69, 9.17) is 9.51 Å². The average Bonchev–Trinajstić information content (AvgIpc) is 3.13. The van der Waals surface area contributed by atoms with Gasteiger partial charge in [-0.2, -0.15) is 4.98 Å². The van der Waals surface area contributed by atoms with Gasteiger partial charge >= 0.3 is 0 Å². The van der Waals surface area contributed by atoms with E-state index in [-0.39, 0.29) is 0 Å². The second kappa shape index (κ2) is 7.28. The van der Waals surface area contributed by atoms with Gasteiger partial charge in [0.05, 0.1) is 5.92 Å². The first kappa shape index (κ1) is 16.8. The summed E-state index contributed by atoms with van der Waals surface area (Å²) in [6, 6.07) is 10.8. The van der Waals surface area contributed by atoms with E-state index in [1.54, 1.807) is 0 Å². The maximum Gasteiger partial charge on any atom is 0.231 e. The molecule has 1 aromatic carbocycles. The molecular formula is C21H29N3O. The third-order valence-electron chi connectivity index (χ3n) is 5.78. The molecule has 134 valence electrons. The van der Waals surface area contributed by atoms with Crippen LogP contribution in [0.5, 0.6) is 0 Å². The zero-order valence-corrected chi connectivity index (χ0v) is 15.4. The van der Waals surface area contributed by atoms with E-state index in [0.29, 0.717) is 23.7 Å². The van der Waals surface area contributed by atoms with Crippen molar-refractivity contribution in [2.24, 2.45) is 11.8 Å². The fourth-order valence-electron chi connectivity index (χ4n) is 4.29. The lowest BCUT2D eigenvalue weighted by Crippen LogP contribution is -2.20. The summed E-state index contributed by atoms with van der Waals surface area (Å²) >= 11 is 0. The van der Waals surface area contributed by atoms with Crippen LogP contribution in [0.15, 0.2) is 34.9 Å². The van der Waals surface area contributed by atoms with Crippen molar-refractivity contribution in [3.8, 4) is 0 Å². The van der Waals surface area contributed by atoms with Crippen molar-refractivity contribution in [3.05, 3.63) is 47.6 Å². The van der Waals surface area contributed by atoms with Crippen molar-refractivity contribution in [2.45, 2.75) is 57.9 Å². The zero-order chi connectivity index (χ0) is 17.2. The van der Waals surface area contributed by atoms with Gasteiger partial charge in [-0.25, -0.2) is 0 Å². The molecule has 0 radical (unpaired) electrons. The fraction of sp³-hybridized carbons (Fsp3) is 0.619. The maximum absolute atomic E-state index is 5.73. The Morgan fingerprint density at radius 1 is 1.16 bits per heavy atom. The summed E-state index contributed by atoms with van der Waals surface area (Å²) in [6.45, 7) is 7.78. The summed E-state index contributed by atoms with van der Waals surface area (Å²) in [7, 11) is 0. The largest absolute Gasteiger partial charge is 0.339 e. The Kier molecular flexibility index (Phi) is 4.89. The minimum atomic E-state index is 0.382. The summed E-state index contributed by atoms with van der Waals surface area (Å²) in [5.41, 5.74) is 1.38. The van der Waals surface area contributed by atoms with Crippen LogP contribution in [0.4, 0.5) is 0 Å². The van der Waals surface area contributed by atoms with Crippen molar-refractivity contribution in [1.82, 2.24) is 15.0 Å². The summed E-state index contributed by atoms with van der Waals surface area (Å²) < 4.78 is 5.73. The molecule has 2 heterocycles. The molecule has 4 heteroatoms. The number of hydrogen-bond donors (Lipinski definition) is 0. The molecule has 25 heavy (non-hydrogen) atoms. The van der Waals surface area contributed by atoms with Crippen molar-refractivity contribution >= 4 is 0 Å². The molecule has 1 saturated carbocycles. The van der Waals surface area contributed by atoms with Gasteiger partial charge in [0.25, 0.3) is 0 Å². The number of rotatable bonds is 6. The van der Waals surface area contributed by atoms with Gasteiger partial charge in [-0.3, -0.25) is 4.90 Å². The Morgan fingerprint density at radius 3 is 2.64 bits per heavy atom. The molecule has 4 nitrogen and oxygen atoms in total. The molecule has 1 aliphatic carbocycles. The van der Waals surface area contributed by atoms with E-state index in [0.717, 1.165) is 31.3 Å². The van der Waals surface area contributed by atoms with Gasteiger partial charge in [0.2, 0.25) is 5.89 Å². The van der Waals surface area contributed by atoms with Crippen LogP contribution in [0.1, 0.15) is 68.6 Å². The van der Waals surface area contributed by atoms with Crippen LogP contribution in [0, 0.1) is 11.8 Å². The summed E-state index contributed by atoms with van der Waals surface area (Å²) in [5.74, 6) is 4.06. The van der Waals surface area contributed by atoms with Crippen LogP contribution >= 0.6 is 0 Å². The van der Waals surface area contributed by atoms with E-state index in [2.05, 4.69) is 54.2 Å². The van der Waals surface area contributed by atoms with Gasteiger partial charge in [-0.15, -0.1) is 0 Å². The minimum absolute atomic E-state index is 0.382. The molecule has 0 spiro atoms. The highest BCUT2D eigenvalue weighted by Crippen LogP contribution is 2.39. The molecule has 0 amide bonds. The van der Waals surface area contributed by atoms with Crippen LogP contribution in [0.2, 0.25) is 0 Å². The molecule has 0 unspecified atom stereocenters. The maximum atomic E-state index is 5.73. The molecule has 1 aliphatic heterocycles. The Hall–Kier alpha value is -1.68. The SMILES string of the molecule is CC(C)C[C@@H]1CN(Cc2ccccc2)C[C@H]1c1nc(C2CCC2)no1. The van der Waals surface area contributed by atoms with E-state index >= 15 is 0 Å². The van der Waals surface area contributed by atoms with E-state index in [1.165, 1.54) is 31.2 Å². The minimum Gasteiger partial charge on any atom is -0.339 e. The Labute approximate surface area is 150 Å². The van der Waals surface area contributed by atoms with E-state index in [9.17, 15) is 0 Å². The van der Waals surface area contributed by atoms with Crippen LogP contribution < -0.4 is 0 Å². The van der Waals surface area contributed by atoms with Crippen LogP contribution in [-0.4, -0.2) is 28.1 Å². The lowest BCUT2D eigenvalue weighted by atomic mass is 9.85. The molecule has 2 aliphatic rings. The highest BCUT2D eigenvalue weighted by atomic mass is 16.5. The highest BCUT2D eigenvalue weighted by Gasteiger charge is 2.38. The average molecular weight is 339 g/mol. The number of benzene rings is 1. The predicted octanol–water partition coefficient (Wildman–Crippen LogP) is 4.60. The molecule has 1 aromatic heterocycles. The molecule has 0 bridgehead atoms. The number of hydrogen-bond acceptors (Lipinski definition) is 4. The normalized spacial score (nSPS) is 24.8. The summed E-state index contributed by atoms with van der Waals surface area (Å²) in [5, 5.41) is 4.30. The molecular weight excluding hydrogens is 310 g/mol. The van der Waals surface area contributed by atoms with Crippen LogP contribution in [-0.2, 0) is 6.54 Å². The number of aromatic nitrogens is 2. The third-order valence-corrected chi connectivity index (χ3v) is 5.78. The monoisotopic (exact) mass is 339 g/mol. The molecule has 1 saturated heterocycles. The molecule has 2 aromatic rings. The predicted molar refractivity (Wildman–Crippen MR) is 98.3 cm³/mol. The van der Waals surface area contributed by atoms with Crippen molar-refractivity contribution in [3.63, 3.8) is 0 Å². The van der Waals surface area contributed by atoms with Crippen molar-refractivity contribution in [2.75, 3.05) is 13.1 Å². The van der Waals surface area contributed by atoms with Crippen LogP contribution in [0.25, 0.3) is 0 Å². The van der Waals surface area contributed by atoms with Gasteiger partial charge in [0.15, 0.2) is 5.82 Å². The molecule has 2 atom stereocenters. The van der Waals surface area contributed by atoms with Crippen molar-refractivity contribution < 1.29 is 4.52 Å². The number of likely N-dealkylation sites (tertiary alicyclic amines) is 1. The molecule has 0 N–H and O–H groups in total. The Morgan fingerprint density at radius 2 is 1.96 bits per heavy atom. The van der Waals surface area contributed by atoms with Crippen LogP contribution in [0.3, 0.4) is 0 Å². The van der Waals surface area contributed by atoms with Crippen molar-refractivity contribution in [1.29, 1.82) is 0 Å². The second-order valence-electron chi connectivity index (χ2n) is 8.29. The number of nitrogens with zero attached hydrogens (tertiary/aromatic N) is 3. The molecule has 2 fully saturated rings. The van der Waals surface area contributed by atoms with Gasteiger partial charge in [-0.05, 0) is 36.7 Å². The topological polar surface area (TPSA) is 42.2 Å². The van der Waals surface area contributed by atoms with E-state index < -0.39 is 0 Å². The van der Waals surface area contributed by atoms with Gasteiger partial charge < -0.3 is 4.52 Å². The highest BCUT2D eigenvalue weighted by molar-refractivity contribution is 5.15. The first-order valence-electron chi connectivity index (χ1n) is 9.79. The Bertz CT molecular complexity index is 677. The fourth-order valence-corrected chi connectivity index (χ4v) is 4.29. The van der Waals surface area contributed by atoms with Gasteiger partial charge in [0, 0.05) is 25.6 Å². The standard InChI is InChI=1S/C21H29N3O/c1-15(2)11-18-13-24(12-16-7-4-3-5-8-16)14-19(18)21-22-20(23-25-21)17-9-6-10-17/h3-5,7-8,15,17-19H,6,9-14H2,1-2H3/t18-,19-/m1/s1. The second-order valence-corrected chi connectivity index (χ2v) is 8.29. The third kappa shape index (κ3) is 3.79. The lowest BCUT2D eigenvalue weighted by Gasteiger charge is -2.21.